The fourth-order valence-corrected chi connectivity index (χ4v) is 5.29. The quantitative estimate of drug-likeness (QED) is 0.667. The molecule has 2 aromatic rings. The zero-order valence-electron chi connectivity index (χ0n) is 10.3. The van der Waals surface area contributed by atoms with E-state index in [4.69, 9.17) is 0 Å². The first-order valence-electron chi connectivity index (χ1n) is 6.14. The normalized spacial score (nSPS) is 16.3. The van der Waals surface area contributed by atoms with E-state index in [9.17, 15) is 0 Å². The third-order valence-electron chi connectivity index (χ3n) is 3.27. The summed E-state index contributed by atoms with van der Waals surface area (Å²) in [7, 11) is 0. The SMILES string of the molecule is Cc1ccc(C(Br)c2cc3c(s2)CCSC3)cc1. The Bertz CT molecular complexity index is 519. The maximum atomic E-state index is 3.85. The van der Waals surface area contributed by atoms with Gasteiger partial charge in [-0.3, -0.25) is 0 Å². The first kappa shape index (κ1) is 12.8. The van der Waals surface area contributed by atoms with Crippen LogP contribution < -0.4 is 0 Å². The standard InChI is InChI=1S/C15H15BrS2/c1-10-2-4-11(5-3-10)15(16)14-8-12-9-17-7-6-13(12)18-14/h2-5,8,15H,6-7,9H2,1H3. The highest BCUT2D eigenvalue weighted by atomic mass is 79.9. The van der Waals surface area contributed by atoms with Crippen molar-refractivity contribution in [3.05, 3.63) is 56.8 Å². The average molecular weight is 339 g/mol. The number of benzene rings is 1. The number of halogens is 1. The molecule has 18 heavy (non-hydrogen) atoms. The van der Waals surface area contributed by atoms with Crippen molar-refractivity contribution in [2.75, 3.05) is 5.75 Å². The van der Waals surface area contributed by atoms with Gasteiger partial charge in [0.1, 0.15) is 0 Å². The number of fused-ring (bicyclic) bond motifs is 1. The van der Waals surface area contributed by atoms with Crippen molar-refractivity contribution in [2.45, 2.75) is 23.9 Å². The summed E-state index contributed by atoms with van der Waals surface area (Å²) in [5.74, 6) is 2.48. The van der Waals surface area contributed by atoms with Crippen LogP contribution in [-0.4, -0.2) is 5.75 Å². The molecule has 1 aliphatic heterocycles. The van der Waals surface area contributed by atoms with Crippen LogP contribution in [0.25, 0.3) is 0 Å². The van der Waals surface area contributed by atoms with Crippen LogP contribution in [0.2, 0.25) is 0 Å². The first-order chi connectivity index (χ1) is 8.74. The lowest BCUT2D eigenvalue weighted by Gasteiger charge is -2.08. The highest BCUT2D eigenvalue weighted by Gasteiger charge is 2.18. The van der Waals surface area contributed by atoms with Crippen LogP contribution in [0.5, 0.6) is 0 Å². The van der Waals surface area contributed by atoms with E-state index in [1.807, 2.05) is 11.3 Å². The van der Waals surface area contributed by atoms with Crippen LogP contribution in [0.4, 0.5) is 0 Å². The molecular weight excluding hydrogens is 324 g/mol. The van der Waals surface area contributed by atoms with Gasteiger partial charge < -0.3 is 0 Å². The van der Waals surface area contributed by atoms with Gasteiger partial charge in [0.05, 0.1) is 4.83 Å². The van der Waals surface area contributed by atoms with Gasteiger partial charge in [-0.05, 0) is 36.3 Å². The summed E-state index contributed by atoms with van der Waals surface area (Å²) in [6.07, 6.45) is 1.25. The highest BCUT2D eigenvalue weighted by molar-refractivity contribution is 9.09. The Labute approximate surface area is 125 Å². The lowest BCUT2D eigenvalue weighted by Crippen LogP contribution is -1.96. The molecule has 0 amide bonds. The molecular formula is C15H15BrS2. The van der Waals surface area contributed by atoms with E-state index < -0.39 is 0 Å². The van der Waals surface area contributed by atoms with Crippen molar-refractivity contribution < 1.29 is 0 Å². The Balaban J connectivity index is 1.89. The van der Waals surface area contributed by atoms with E-state index in [0.717, 1.165) is 0 Å². The Kier molecular flexibility index (Phi) is 3.83. The van der Waals surface area contributed by atoms with Crippen molar-refractivity contribution in [1.82, 2.24) is 0 Å². The topological polar surface area (TPSA) is 0 Å². The molecule has 1 aliphatic rings. The van der Waals surface area contributed by atoms with Crippen molar-refractivity contribution in [3.8, 4) is 0 Å². The van der Waals surface area contributed by atoms with Gasteiger partial charge in [0, 0.05) is 15.5 Å². The van der Waals surface area contributed by atoms with Crippen LogP contribution in [-0.2, 0) is 12.2 Å². The monoisotopic (exact) mass is 338 g/mol. The average Bonchev–Trinajstić information content (AvgIpc) is 2.82. The third-order valence-corrected chi connectivity index (χ3v) is 6.90. The summed E-state index contributed by atoms with van der Waals surface area (Å²) < 4.78 is 0. The largest absolute Gasteiger partial charge is 0.157 e. The highest BCUT2D eigenvalue weighted by Crippen LogP contribution is 2.40. The fourth-order valence-electron chi connectivity index (χ4n) is 2.19. The minimum absolute atomic E-state index is 0.346. The number of thioether (sulfide) groups is 1. The Morgan fingerprint density at radius 1 is 1.22 bits per heavy atom. The predicted octanol–water partition coefficient (Wildman–Crippen LogP) is 5.33. The smallest absolute Gasteiger partial charge is 0.0738 e. The maximum Gasteiger partial charge on any atom is 0.0738 e. The maximum absolute atomic E-state index is 3.85. The molecule has 1 aromatic heterocycles. The van der Waals surface area contributed by atoms with E-state index in [2.05, 4.69) is 64.9 Å². The van der Waals surface area contributed by atoms with Gasteiger partial charge in [-0.2, -0.15) is 11.8 Å². The third kappa shape index (κ3) is 2.54. The second-order valence-electron chi connectivity index (χ2n) is 4.67. The summed E-state index contributed by atoms with van der Waals surface area (Å²) in [5.41, 5.74) is 4.23. The van der Waals surface area contributed by atoms with Gasteiger partial charge in [-0.25, -0.2) is 0 Å². The Morgan fingerprint density at radius 2 is 2.00 bits per heavy atom. The number of rotatable bonds is 2. The van der Waals surface area contributed by atoms with Gasteiger partial charge >= 0.3 is 0 Å². The molecule has 0 saturated carbocycles. The second-order valence-corrected chi connectivity index (χ2v) is 7.86. The van der Waals surface area contributed by atoms with Gasteiger partial charge in [-0.15, -0.1) is 11.3 Å². The molecule has 0 bridgehead atoms. The van der Waals surface area contributed by atoms with Crippen LogP contribution in [0, 0.1) is 6.92 Å². The molecule has 0 radical (unpaired) electrons. The summed E-state index contributed by atoms with van der Waals surface area (Å²) >= 11 is 7.88. The summed E-state index contributed by atoms with van der Waals surface area (Å²) in [4.78, 5) is 3.39. The molecule has 2 heterocycles. The molecule has 0 spiro atoms. The molecule has 0 aliphatic carbocycles. The summed E-state index contributed by atoms with van der Waals surface area (Å²) in [6.45, 7) is 2.13. The van der Waals surface area contributed by atoms with Crippen LogP contribution in [0.15, 0.2) is 30.3 Å². The molecule has 0 N–H and O–H groups in total. The number of aryl methyl sites for hydroxylation is 2. The number of hydrogen-bond donors (Lipinski definition) is 0. The van der Waals surface area contributed by atoms with Crippen molar-refractivity contribution in [3.63, 3.8) is 0 Å². The Hall–Kier alpha value is -0.250. The lowest BCUT2D eigenvalue weighted by molar-refractivity contribution is 1.13. The van der Waals surface area contributed by atoms with Crippen LogP contribution in [0.1, 0.15) is 31.3 Å². The van der Waals surface area contributed by atoms with Crippen molar-refractivity contribution in [1.29, 1.82) is 0 Å². The predicted molar refractivity (Wildman–Crippen MR) is 86.1 cm³/mol. The molecule has 1 unspecified atom stereocenters. The van der Waals surface area contributed by atoms with Crippen LogP contribution >= 0.6 is 39.0 Å². The van der Waals surface area contributed by atoms with E-state index in [0.29, 0.717) is 4.83 Å². The molecule has 1 aromatic carbocycles. The van der Waals surface area contributed by atoms with Crippen LogP contribution in [0.3, 0.4) is 0 Å². The van der Waals surface area contributed by atoms with E-state index in [1.54, 1.807) is 10.4 Å². The molecule has 3 heteroatoms. The van der Waals surface area contributed by atoms with Crippen molar-refractivity contribution >= 4 is 39.0 Å². The zero-order chi connectivity index (χ0) is 12.5. The molecule has 1 atom stereocenters. The minimum atomic E-state index is 0.346. The van der Waals surface area contributed by atoms with Gasteiger partial charge in [-0.1, -0.05) is 45.8 Å². The second kappa shape index (κ2) is 5.40. The number of thiophene rings is 1. The number of alkyl halides is 1. The van der Waals surface area contributed by atoms with E-state index in [1.165, 1.54) is 33.9 Å². The van der Waals surface area contributed by atoms with Gasteiger partial charge in [0.15, 0.2) is 0 Å². The molecule has 94 valence electrons. The van der Waals surface area contributed by atoms with Gasteiger partial charge in [0.25, 0.3) is 0 Å². The van der Waals surface area contributed by atoms with Crippen molar-refractivity contribution in [2.24, 2.45) is 0 Å². The molecule has 3 rings (SSSR count). The molecule has 0 fully saturated rings. The molecule has 0 nitrogen and oxygen atoms in total. The summed E-state index contributed by atoms with van der Waals surface area (Å²) in [6, 6.07) is 11.2. The zero-order valence-corrected chi connectivity index (χ0v) is 13.5. The fraction of sp³-hybridized carbons (Fsp3) is 0.333. The van der Waals surface area contributed by atoms with E-state index >= 15 is 0 Å². The van der Waals surface area contributed by atoms with E-state index in [-0.39, 0.29) is 0 Å². The first-order valence-corrected chi connectivity index (χ1v) is 9.02. The molecule has 0 saturated heterocycles. The minimum Gasteiger partial charge on any atom is -0.157 e. The summed E-state index contributed by atoms with van der Waals surface area (Å²) in [5, 5.41) is 0. The lowest BCUT2D eigenvalue weighted by atomic mass is 10.1. The number of hydrogen-bond acceptors (Lipinski definition) is 2. The van der Waals surface area contributed by atoms with Gasteiger partial charge in [0.2, 0.25) is 0 Å². The Morgan fingerprint density at radius 3 is 2.72 bits per heavy atom.